The van der Waals surface area contributed by atoms with Crippen LogP contribution >= 0.6 is 0 Å². The van der Waals surface area contributed by atoms with Gasteiger partial charge in [-0.3, -0.25) is 9.59 Å². The fourth-order valence-corrected chi connectivity index (χ4v) is 3.06. The average molecular weight is 484 g/mol. The normalized spacial score (nSPS) is 13.4. The third-order valence-corrected chi connectivity index (χ3v) is 4.42. The molecule has 0 spiro atoms. The van der Waals surface area contributed by atoms with Crippen molar-refractivity contribution in [1.29, 1.82) is 0 Å². The lowest BCUT2D eigenvalue weighted by atomic mass is 9.86. The lowest BCUT2D eigenvalue weighted by molar-refractivity contribution is -0.154. The predicted molar refractivity (Wildman–Crippen MR) is 120 cm³/mol. The Balaban J connectivity index is 3.12. The van der Waals surface area contributed by atoms with Crippen molar-refractivity contribution in [3.8, 4) is 11.5 Å². The number of carboxylic acids is 1. The van der Waals surface area contributed by atoms with Gasteiger partial charge in [-0.15, -0.1) is 0 Å². The molecule has 1 aromatic carbocycles. The van der Waals surface area contributed by atoms with Gasteiger partial charge in [0.05, 0.1) is 13.2 Å². The van der Waals surface area contributed by atoms with Gasteiger partial charge in [0, 0.05) is 19.3 Å². The summed E-state index contributed by atoms with van der Waals surface area (Å²) in [4.78, 5) is 47.5. The minimum atomic E-state index is -1.80. The first kappa shape index (κ1) is 28.7. The van der Waals surface area contributed by atoms with Gasteiger partial charge in [0.15, 0.2) is 11.5 Å². The first-order valence-electron chi connectivity index (χ1n) is 10.9. The van der Waals surface area contributed by atoms with Crippen LogP contribution in [-0.2, 0) is 30.2 Å². The molecular formula is C23H33NO10. The van der Waals surface area contributed by atoms with Crippen LogP contribution in [0.1, 0.15) is 53.0 Å². The largest absolute Gasteiger partial charge is 0.513 e. The molecule has 0 aliphatic heterocycles. The first-order valence-corrected chi connectivity index (χ1v) is 10.9. The average Bonchev–Trinajstić information content (AvgIpc) is 2.69. The Morgan fingerprint density at radius 2 is 1.53 bits per heavy atom. The van der Waals surface area contributed by atoms with E-state index in [1.807, 2.05) is 13.8 Å². The molecule has 1 aromatic rings. The highest BCUT2D eigenvalue weighted by Gasteiger charge is 2.37. The molecule has 0 aliphatic rings. The molecule has 1 unspecified atom stereocenters. The monoisotopic (exact) mass is 483 g/mol. The number of hydrogen-bond donors (Lipinski definition) is 2. The second kappa shape index (κ2) is 13.4. The Hall–Kier alpha value is -3.34. The summed E-state index contributed by atoms with van der Waals surface area (Å²) in [6, 6.07) is 4.09. The molecule has 11 nitrogen and oxygen atoms in total. The molecule has 1 rings (SSSR count). The van der Waals surface area contributed by atoms with Crippen molar-refractivity contribution in [2.75, 3.05) is 13.2 Å². The summed E-state index contributed by atoms with van der Waals surface area (Å²) in [7, 11) is 0. The van der Waals surface area contributed by atoms with Crippen LogP contribution in [0.3, 0.4) is 0 Å². The number of benzene rings is 1. The van der Waals surface area contributed by atoms with Crippen molar-refractivity contribution in [1.82, 2.24) is 0 Å². The van der Waals surface area contributed by atoms with Crippen LogP contribution < -0.4 is 15.2 Å². The van der Waals surface area contributed by atoms with E-state index in [9.17, 15) is 24.3 Å². The zero-order valence-corrected chi connectivity index (χ0v) is 20.1. The highest BCUT2D eigenvalue weighted by Crippen LogP contribution is 2.31. The third-order valence-electron chi connectivity index (χ3n) is 4.42. The van der Waals surface area contributed by atoms with Gasteiger partial charge >= 0.3 is 24.2 Å². The summed E-state index contributed by atoms with van der Waals surface area (Å²) < 4.78 is 24.9. The van der Waals surface area contributed by atoms with Gasteiger partial charge in [0.1, 0.15) is 11.6 Å². The molecule has 190 valence electrons. The molecule has 0 heterocycles. The van der Waals surface area contributed by atoms with Crippen molar-refractivity contribution in [3.63, 3.8) is 0 Å². The van der Waals surface area contributed by atoms with Crippen LogP contribution in [0, 0.1) is 5.92 Å². The van der Waals surface area contributed by atoms with Crippen LogP contribution in [-0.4, -0.2) is 54.2 Å². The van der Waals surface area contributed by atoms with Crippen LogP contribution in [0.4, 0.5) is 9.59 Å². The number of rotatable bonds is 12. The maximum absolute atomic E-state index is 12.0. The van der Waals surface area contributed by atoms with E-state index in [-0.39, 0.29) is 49.9 Å². The molecule has 0 bridgehead atoms. The lowest BCUT2D eigenvalue weighted by Crippen LogP contribution is -2.52. The van der Waals surface area contributed by atoms with E-state index in [1.165, 1.54) is 18.2 Å². The van der Waals surface area contributed by atoms with E-state index in [2.05, 4.69) is 0 Å². The van der Waals surface area contributed by atoms with Crippen molar-refractivity contribution < 1.29 is 48.0 Å². The summed E-state index contributed by atoms with van der Waals surface area (Å²) >= 11 is 0. The molecule has 0 saturated heterocycles. The molecule has 11 heteroatoms. The number of carbonyl (C=O) groups excluding carboxylic acids is 3. The van der Waals surface area contributed by atoms with Crippen LogP contribution in [0.5, 0.6) is 11.5 Å². The van der Waals surface area contributed by atoms with Gasteiger partial charge in [-0.05, 0) is 44.4 Å². The Labute approximate surface area is 198 Å². The number of ether oxygens (including phenoxy) is 5. The number of aliphatic carboxylic acids is 1. The molecule has 0 radical (unpaired) electrons. The number of carbonyl (C=O) groups is 4. The predicted octanol–water partition coefficient (Wildman–Crippen LogP) is 3.45. The zero-order valence-electron chi connectivity index (χ0n) is 20.1. The Kier molecular flexibility index (Phi) is 11.3. The summed E-state index contributed by atoms with van der Waals surface area (Å²) in [5, 5.41) is 9.78. The molecule has 0 aliphatic carbocycles. The van der Waals surface area contributed by atoms with Gasteiger partial charge in [-0.25, -0.2) is 9.59 Å². The van der Waals surface area contributed by atoms with Crippen LogP contribution in [0.2, 0.25) is 0 Å². The van der Waals surface area contributed by atoms with E-state index < -0.39 is 35.9 Å². The summed E-state index contributed by atoms with van der Waals surface area (Å²) in [6.45, 7) is 8.58. The maximum Gasteiger partial charge on any atom is 0.513 e. The molecular weight excluding hydrogens is 450 g/mol. The van der Waals surface area contributed by atoms with Crippen molar-refractivity contribution in [3.05, 3.63) is 23.8 Å². The molecule has 34 heavy (non-hydrogen) atoms. The second-order valence-electron chi connectivity index (χ2n) is 8.09. The van der Waals surface area contributed by atoms with E-state index in [0.717, 1.165) is 0 Å². The van der Waals surface area contributed by atoms with Crippen LogP contribution in [0.15, 0.2) is 18.2 Å². The quantitative estimate of drug-likeness (QED) is 0.254. The molecule has 0 saturated carbocycles. The number of esters is 1. The van der Waals surface area contributed by atoms with E-state index in [4.69, 9.17) is 29.4 Å². The zero-order chi connectivity index (χ0) is 25.9. The number of hydrogen-bond acceptors (Lipinski definition) is 10. The highest BCUT2D eigenvalue weighted by atomic mass is 16.7. The Morgan fingerprint density at radius 3 is 2.03 bits per heavy atom. The van der Waals surface area contributed by atoms with Crippen molar-refractivity contribution in [2.24, 2.45) is 11.7 Å². The topological polar surface area (TPSA) is 161 Å². The van der Waals surface area contributed by atoms with Gasteiger partial charge in [0.2, 0.25) is 0 Å². The van der Waals surface area contributed by atoms with Gasteiger partial charge in [0.25, 0.3) is 0 Å². The first-order chi connectivity index (χ1) is 15.9. The van der Waals surface area contributed by atoms with Gasteiger partial charge in [-0.1, -0.05) is 19.9 Å². The highest BCUT2D eigenvalue weighted by molar-refractivity contribution is 5.79. The van der Waals surface area contributed by atoms with E-state index >= 15 is 0 Å². The van der Waals surface area contributed by atoms with Gasteiger partial charge < -0.3 is 34.5 Å². The summed E-state index contributed by atoms with van der Waals surface area (Å²) in [5.74, 6) is -1.98. The minimum absolute atomic E-state index is 0.0466. The summed E-state index contributed by atoms with van der Waals surface area (Å²) in [6.07, 6.45) is -2.98. The van der Waals surface area contributed by atoms with E-state index in [0.29, 0.717) is 5.56 Å². The molecule has 0 aromatic heterocycles. The smallest absolute Gasteiger partial charge is 0.480 e. The Bertz CT molecular complexity index is 869. The summed E-state index contributed by atoms with van der Waals surface area (Å²) in [5.41, 5.74) is 4.74. The fraction of sp³-hybridized carbons (Fsp3) is 0.565. The standard InChI is InChI=1S/C23H33NO10/c1-6-30-21(28)33-17-9-8-16(11-18(17)34-22(29)31-7-2)13-23(24,20(26)27)12-15(5)32-19(25)10-14(3)4/h8-9,11,14-15H,6-7,10,12-13,24H2,1-5H3,(H,26,27)/t15-,23?/m0/s1. The molecule has 3 N–H and O–H groups in total. The SMILES string of the molecule is CCOC(=O)Oc1ccc(CC(N)(C[C@H](C)OC(=O)CC(C)C)C(=O)O)cc1OC(=O)OCC. The van der Waals surface area contributed by atoms with Crippen LogP contribution in [0.25, 0.3) is 0 Å². The van der Waals surface area contributed by atoms with Gasteiger partial charge in [-0.2, -0.15) is 0 Å². The second-order valence-corrected chi connectivity index (χ2v) is 8.09. The molecule has 0 fully saturated rings. The maximum atomic E-state index is 12.0. The minimum Gasteiger partial charge on any atom is -0.480 e. The lowest BCUT2D eigenvalue weighted by Gasteiger charge is -2.28. The third kappa shape index (κ3) is 9.65. The van der Waals surface area contributed by atoms with Crippen molar-refractivity contribution in [2.45, 2.75) is 65.5 Å². The number of nitrogens with two attached hydrogens (primary N) is 1. The molecule has 2 atom stereocenters. The fourth-order valence-electron chi connectivity index (χ4n) is 3.06. The number of carboxylic acid groups (broad SMARTS) is 1. The molecule has 0 amide bonds. The van der Waals surface area contributed by atoms with E-state index in [1.54, 1.807) is 20.8 Å². The Morgan fingerprint density at radius 1 is 0.971 bits per heavy atom. The van der Waals surface area contributed by atoms with Crippen molar-refractivity contribution >= 4 is 24.2 Å².